The molecule has 1 saturated heterocycles. The van der Waals surface area contributed by atoms with Crippen molar-refractivity contribution in [2.24, 2.45) is 5.41 Å². The SMILES string of the molecule is CC(=O)O[C@@H]1C[C@@H](C(=O)N[C@@H](C)c2ccc(-c3scnc3C)cc2)N(C(=O)[C@@H](NC(=O)COCCCCCN(c2ccc(-n3ccnc3)cc2)c2cc(-c3c(C)noc3C)ccc2C)C(C)(C)C)C1. The highest BCUT2D eigenvalue weighted by atomic mass is 32.1. The Bertz CT molecular complexity index is 2690. The van der Waals surface area contributed by atoms with Crippen LogP contribution in [0.1, 0.15) is 94.6 Å². The Balaban J connectivity index is 0.945. The molecule has 0 saturated carbocycles. The summed E-state index contributed by atoms with van der Waals surface area (Å²) in [4.78, 5) is 67.3. The van der Waals surface area contributed by atoms with E-state index in [4.69, 9.17) is 14.0 Å². The summed E-state index contributed by atoms with van der Waals surface area (Å²) in [5.41, 5.74) is 11.1. The molecule has 15 nitrogen and oxygen atoms in total. The Kier molecular flexibility index (Phi) is 16.2. The van der Waals surface area contributed by atoms with Crippen LogP contribution in [0.5, 0.6) is 0 Å². The Morgan fingerprint density at radius 3 is 2.30 bits per heavy atom. The van der Waals surface area contributed by atoms with Crippen molar-refractivity contribution in [2.75, 3.05) is 31.2 Å². The monoisotopic (exact) mass is 956 g/mol. The first kappa shape index (κ1) is 50.2. The van der Waals surface area contributed by atoms with Crippen LogP contribution in [0.2, 0.25) is 0 Å². The molecule has 0 aliphatic carbocycles. The number of carbonyl (C=O) groups is 4. The lowest BCUT2D eigenvalue weighted by atomic mass is 9.85. The van der Waals surface area contributed by atoms with Gasteiger partial charge in [0, 0.05) is 61.5 Å². The molecule has 6 aromatic rings. The number of hydrogen-bond acceptors (Lipinski definition) is 12. The molecule has 0 unspecified atom stereocenters. The molecule has 3 aromatic carbocycles. The zero-order valence-corrected chi connectivity index (χ0v) is 41.9. The van der Waals surface area contributed by atoms with E-state index in [0.717, 1.165) is 92.7 Å². The fourth-order valence-electron chi connectivity index (χ4n) is 8.89. The average molecular weight is 957 g/mol. The molecular weight excluding hydrogens is 893 g/mol. The minimum Gasteiger partial charge on any atom is -0.461 e. The summed E-state index contributed by atoms with van der Waals surface area (Å²) in [5.74, 6) is -0.976. The van der Waals surface area contributed by atoms with Gasteiger partial charge in [-0.05, 0) is 112 Å². The van der Waals surface area contributed by atoms with Crippen molar-refractivity contribution >= 4 is 46.4 Å². The number of esters is 1. The highest BCUT2D eigenvalue weighted by molar-refractivity contribution is 7.13. The number of nitrogens with zero attached hydrogens (tertiary/aromatic N) is 6. The lowest BCUT2D eigenvalue weighted by Crippen LogP contribution is -2.58. The van der Waals surface area contributed by atoms with Crippen LogP contribution >= 0.6 is 11.3 Å². The van der Waals surface area contributed by atoms with Crippen LogP contribution in [-0.2, 0) is 28.7 Å². The number of nitrogens with one attached hydrogen (secondary N) is 2. The summed E-state index contributed by atoms with van der Waals surface area (Å²) in [5, 5.41) is 10.2. The zero-order chi connectivity index (χ0) is 49.4. The van der Waals surface area contributed by atoms with Crippen LogP contribution in [0.3, 0.4) is 0 Å². The molecule has 16 heteroatoms. The van der Waals surface area contributed by atoms with Crippen LogP contribution in [0.4, 0.5) is 11.4 Å². The number of thiazole rings is 1. The maximum absolute atomic E-state index is 14.4. The number of benzene rings is 3. The molecule has 4 atom stereocenters. The predicted octanol–water partition coefficient (Wildman–Crippen LogP) is 9.15. The molecule has 69 heavy (non-hydrogen) atoms. The number of hydrogen-bond donors (Lipinski definition) is 2. The van der Waals surface area contributed by atoms with Gasteiger partial charge in [0.05, 0.1) is 40.7 Å². The van der Waals surface area contributed by atoms with E-state index in [2.05, 4.69) is 80.0 Å². The second-order valence-corrected chi connectivity index (χ2v) is 19.8. The van der Waals surface area contributed by atoms with E-state index < -0.39 is 41.4 Å². The van der Waals surface area contributed by atoms with Crippen LogP contribution in [0, 0.1) is 33.1 Å². The summed E-state index contributed by atoms with van der Waals surface area (Å²) in [6.45, 7) is 17.6. The molecule has 1 aliphatic rings. The second kappa shape index (κ2) is 22.2. The first-order valence-corrected chi connectivity index (χ1v) is 24.4. The molecule has 1 aliphatic heterocycles. The number of aromatic nitrogens is 4. The van der Waals surface area contributed by atoms with Gasteiger partial charge in [-0.3, -0.25) is 19.2 Å². The van der Waals surface area contributed by atoms with Crippen LogP contribution in [0.15, 0.2) is 95.5 Å². The van der Waals surface area contributed by atoms with Gasteiger partial charge in [0.25, 0.3) is 0 Å². The number of amides is 3. The highest BCUT2D eigenvalue weighted by Gasteiger charge is 2.46. The number of ether oxygens (including phenoxy) is 2. The van der Waals surface area contributed by atoms with Gasteiger partial charge < -0.3 is 39.0 Å². The summed E-state index contributed by atoms with van der Waals surface area (Å²) in [7, 11) is 0. The molecule has 1 fully saturated rings. The number of anilines is 2. The lowest BCUT2D eigenvalue weighted by molar-refractivity contribution is -0.147. The predicted molar refractivity (Wildman–Crippen MR) is 267 cm³/mol. The van der Waals surface area contributed by atoms with E-state index in [0.29, 0.717) is 6.61 Å². The Morgan fingerprint density at radius 2 is 1.67 bits per heavy atom. The third-order valence-electron chi connectivity index (χ3n) is 12.6. The van der Waals surface area contributed by atoms with Gasteiger partial charge >= 0.3 is 5.97 Å². The molecule has 0 radical (unpaired) electrons. The lowest BCUT2D eigenvalue weighted by Gasteiger charge is -2.35. The fraction of sp³-hybridized carbons (Fsp3) is 0.415. The molecule has 3 amide bonds. The van der Waals surface area contributed by atoms with Crippen molar-refractivity contribution in [1.82, 2.24) is 35.2 Å². The quantitative estimate of drug-likeness (QED) is 0.0586. The maximum Gasteiger partial charge on any atom is 0.302 e. The zero-order valence-electron chi connectivity index (χ0n) is 41.1. The Morgan fingerprint density at radius 1 is 0.928 bits per heavy atom. The van der Waals surface area contributed by atoms with Gasteiger partial charge in [0.2, 0.25) is 17.7 Å². The molecule has 4 heterocycles. The van der Waals surface area contributed by atoms with Crippen LogP contribution in [-0.4, -0.2) is 92.8 Å². The van der Waals surface area contributed by atoms with Gasteiger partial charge in [0.1, 0.15) is 30.6 Å². The summed E-state index contributed by atoms with van der Waals surface area (Å²) >= 11 is 1.57. The number of rotatable bonds is 19. The Hall–Kier alpha value is -6.65. The van der Waals surface area contributed by atoms with E-state index in [1.54, 1.807) is 23.9 Å². The molecular formula is C53H64N8O7S. The smallest absolute Gasteiger partial charge is 0.302 e. The molecule has 3 aromatic heterocycles. The van der Waals surface area contributed by atoms with Crippen molar-refractivity contribution in [3.8, 4) is 27.3 Å². The molecule has 2 N–H and O–H groups in total. The first-order valence-electron chi connectivity index (χ1n) is 23.5. The second-order valence-electron chi connectivity index (χ2n) is 18.9. The molecule has 0 bridgehead atoms. The van der Waals surface area contributed by atoms with Gasteiger partial charge in [-0.25, -0.2) is 9.97 Å². The number of carbonyl (C=O) groups excluding carboxylic acids is 4. The van der Waals surface area contributed by atoms with Gasteiger partial charge in [-0.2, -0.15) is 0 Å². The Labute approximate surface area is 408 Å². The van der Waals surface area contributed by atoms with Crippen molar-refractivity contribution in [3.63, 3.8) is 0 Å². The number of aryl methyl sites for hydroxylation is 4. The van der Waals surface area contributed by atoms with Crippen LogP contribution in [0.25, 0.3) is 27.3 Å². The first-order chi connectivity index (χ1) is 33.0. The minimum atomic E-state index is -0.986. The van der Waals surface area contributed by atoms with E-state index in [1.807, 2.05) is 89.0 Å². The fourth-order valence-corrected chi connectivity index (χ4v) is 9.71. The van der Waals surface area contributed by atoms with E-state index >= 15 is 0 Å². The third kappa shape index (κ3) is 12.3. The van der Waals surface area contributed by atoms with Crippen molar-refractivity contribution in [3.05, 3.63) is 119 Å². The molecule has 7 rings (SSSR count). The third-order valence-corrected chi connectivity index (χ3v) is 13.5. The van der Waals surface area contributed by atoms with Crippen molar-refractivity contribution in [1.29, 1.82) is 0 Å². The van der Waals surface area contributed by atoms with E-state index in [9.17, 15) is 19.2 Å². The largest absolute Gasteiger partial charge is 0.461 e. The number of likely N-dealkylation sites (tertiary alicyclic amines) is 1. The van der Waals surface area contributed by atoms with Gasteiger partial charge in [-0.1, -0.05) is 62.3 Å². The number of imidazole rings is 1. The standard InChI is InChI=1S/C53H64N8O7S/c1-33-13-14-41(48-35(3)58-68-37(48)5)27-45(33)60(43-21-19-42(20-22-43)59-25-23-54-31-59)24-11-10-12-26-66-30-47(63)57-50(53(7,8)9)52(65)61-29-44(67-38(6)62)28-46(61)51(64)56-34(2)39-15-17-40(18-16-39)49-36(4)55-32-69-49/h13-23,25,27,31-32,34,44,46,50H,10-12,24,26,28-30H2,1-9H3,(H,56,64)(H,57,63)/t34-,44+,46-,50+/m0/s1. The minimum absolute atomic E-state index is 0.0210. The summed E-state index contributed by atoms with van der Waals surface area (Å²) in [6, 6.07) is 20.5. The molecule has 0 spiro atoms. The molecule has 364 valence electrons. The average Bonchev–Trinajstić information content (AvgIpc) is 4.15. The van der Waals surface area contributed by atoms with Gasteiger partial charge in [0.15, 0.2) is 0 Å². The highest BCUT2D eigenvalue weighted by Crippen LogP contribution is 2.36. The normalized spacial score (nSPS) is 15.7. The van der Waals surface area contributed by atoms with Crippen molar-refractivity contribution < 1.29 is 33.2 Å². The summed E-state index contributed by atoms with van der Waals surface area (Å²) in [6.07, 6.45) is 7.32. The summed E-state index contributed by atoms with van der Waals surface area (Å²) < 4.78 is 18.9. The van der Waals surface area contributed by atoms with E-state index in [1.165, 1.54) is 11.8 Å². The number of unbranched alkanes of at least 4 members (excludes halogenated alkanes) is 2. The maximum atomic E-state index is 14.4. The van der Waals surface area contributed by atoms with Gasteiger partial charge in [-0.15, -0.1) is 11.3 Å². The van der Waals surface area contributed by atoms with Crippen LogP contribution < -0.4 is 15.5 Å². The van der Waals surface area contributed by atoms with Crippen molar-refractivity contribution in [2.45, 2.75) is 112 Å². The topological polar surface area (TPSA) is 174 Å². The van der Waals surface area contributed by atoms with E-state index in [-0.39, 0.29) is 31.5 Å².